The van der Waals surface area contributed by atoms with Gasteiger partial charge in [-0.05, 0) is 34.6 Å². The number of carbonyl (C=O) groups excluding carboxylic acids is 2. The van der Waals surface area contributed by atoms with Gasteiger partial charge in [-0.1, -0.05) is 23.2 Å². The highest BCUT2D eigenvalue weighted by Gasteiger charge is 2.25. The molecule has 2 aromatic rings. The van der Waals surface area contributed by atoms with Gasteiger partial charge in [0.2, 0.25) is 6.04 Å². The number of nitrogens with one attached hydrogen (secondary N) is 1. The van der Waals surface area contributed by atoms with Crippen molar-refractivity contribution in [2.75, 3.05) is 31.7 Å². The highest BCUT2D eigenvalue weighted by Crippen LogP contribution is 2.39. The average Bonchev–Trinajstić information content (AvgIpc) is 2.80. The van der Waals surface area contributed by atoms with E-state index in [-0.39, 0.29) is 21.4 Å². The number of Topliss-reactive ketones (excluding diaryl/α,β-unsaturated/α-hetero) is 1. The third kappa shape index (κ3) is 7.73. The van der Waals surface area contributed by atoms with Gasteiger partial charge in [0.25, 0.3) is 5.91 Å². The summed E-state index contributed by atoms with van der Waals surface area (Å²) in [6.07, 6.45) is 0. The van der Waals surface area contributed by atoms with Crippen molar-refractivity contribution in [3.05, 3.63) is 34.3 Å². The fourth-order valence-electron chi connectivity index (χ4n) is 2.95. The maximum Gasteiger partial charge on any atom is 0.258 e. The molecule has 190 valence electrons. The third-order valence-electron chi connectivity index (χ3n) is 4.41. The maximum atomic E-state index is 12.9. The first-order valence-corrected chi connectivity index (χ1v) is 11.9. The van der Waals surface area contributed by atoms with E-state index in [4.69, 9.17) is 42.1 Å². The first-order chi connectivity index (χ1) is 16.7. The van der Waals surface area contributed by atoms with Gasteiger partial charge < -0.3 is 24.3 Å². The Balaban J connectivity index is 2.35. The van der Waals surface area contributed by atoms with Gasteiger partial charge in [0.1, 0.15) is 22.2 Å². The van der Waals surface area contributed by atoms with Crippen LogP contribution in [0, 0.1) is 0 Å². The first kappa shape index (κ1) is 28.2. The number of hydrogen-bond acceptors (Lipinski definition) is 8. The molecular weight excluding hydrogens is 497 g/mol. The van der Waals surface area contributed by atoms with Crippen LogP contribution in [0.1, 0.15) is 34.6 Å². The second-order valence-electron chi connectivity index (χ2n) is 6.98. The molecule has 0 fully saturated rings. The minimum absolute atomic E-state index is 0.178. The molecule has 1 amide bonds. The maximum absolute atomic E-state index is 12.9. The molecule has 0 radical (unpaired) electrons. The monoisotopic (exact) mass is 525 g/mol. The Kier molecular flexibility index (Phi) is 11.1. The minimum atomic E-state index is -1.45. The van der Waals surface area contributed by atoms with E-state index in [0.29, 0.717) is 49.4 Å². The molecule has 2 rings (SSSR count). The number of amides is 1. The van der Waals surface area contributed by atoms with Crippen LogP contribution in [0.25, 0.3) is 0 Å². The zero-order valence-corrected chi connectivity index (χ0v) is 21.8. The summed E-state index contributed by atoms with van der Waals surface area (Å²) in [4.78, 5) is 25.2. The summed E-state index contributed by atoms with van der Waals surface area (Å²) in [7, 11) is 0. The van der Waals surface area contributed by atoms with Gasteiger partial charge in [0.05, 0.1) is 37.1 Å². The van der Waals surface area contributed by atoms with Crippen LogP contribution in [0.5, 0.6) is 23.0 Å². The normalized spacial score (nSPS) is 11.7. The Labute approximate surface area is 214 Å². The van der Waals surface area contributed by atoms with Gasteiger partial charge >= 0.3 is 0 Å². The van der Waals surface area contributed by atoms with Crippen LogP contribution in [0.4, 0.5) is 11.4 Å². The van der Waals surface area contributed by atoms with Gasteiger partial charge in [-0.25, -0.2) is 0 Å². The van der Waals surface area contributed by atoms with Crippen molar-refractivity contribution in [1.29, 1.82) is 0 Å². The number of carbonyl (C=O) groups is 2. The van der Waals surface area contributed by atoms with Gasteiger partial charge in [0.15, 0.2) is 17.3 Å². The number of hydrogen-bond donors (Lipinski definition) is 1. The Morgan fingerprint density at radius 2 is 1.43 bits per heavy atom. The largest absolute Gasteiger partial charge is 0.494 e. The predicted octanol–water partition coefficient (Wildman–Crippen LogP) is 6.27. The molecule has 2 aromatic carbocycles. The molecule has 9 nitrogen and oxygen atoms in total. The van der Waals surface area contributed by atoms with Crippen LogP contribution in [0.3, 0.4) is 0 Å². The lowest BCUT2D eigenvalue weighted by molar-refractivity contribution is -0.126. The van der Waals surface area contributed by atoms with E-state index < -0.39 is 17.7 Å². The summed E-state index contributed by atoms with van der Waals surface area (Å²) in [5.41, 5.74) is 0.429. The lowest BCUT2D eigenvalue weighted by Crippen LogP contribution is -2.32. The zero-order valence-electron chi connectivity index (χ0n) is 20.3. The van der Waals surface area contributed by atoms with Crippen LogP contribution < -0.4 is 24.3 Å². The smallest absolute Gasteiger partial charge is 0.258 e. The molecule has 0 saturated heterocycles. The number of azo groups is 1. The second kappa shape index (κ2) is 13.7. The summed E-state index contributed by atoms with van der Waals surface area (Å²) < 4.78 is 22.1. The van der Waals surface area contributed by atoms with Crippen molar-refractivity contribution >= 4 is 46.3 Å². The van der Waals surface area contributed by atoms with Crippen LogP contribution >= 0.6 is 23.2 Å². The van der Waals surface area contributed by atoms with Crippen molar-refractivity contribution in [3.8, 4) is 23.0 Å². The SMILES string of the molecule is CCOc1cc(N=NC(C(C)=O)C(=O)Nc2cc(OCC)c(OCC)cc2Cl)c(Cl)c(OCC)c1. The van der Waals surface area contributed by atoms with Gasteiger partial charge in [-0.15, -0.1) is 0 Å². The molecule has 35 heavy (non-hydrogen) atoms. The lowest BCUT2D eigenvalue weighted by atomic mass is 10.2. The van der Waals surface area contributed by atoms with Crippen LogP contribution in [-0.2, 0) is 9.59 Å². The Morgan fingerprint density at radius 1 is 0.857 bits per heavy atom. The Bertz CT molecular complexity index is 1080. The van der Waals surface area contributed by atoms with Crippen molar-refractivity contribution in [2.45, 2.75) is 40.7 Å². The van der Waals surface area contributed by atoms with E-state index in [1.165, 1.54) is 19.1 Å². The van der Waals surface area contributed by atoms with E-state index in [9.17, 15) is 9.59 Å². The molecule has 0 heterocycles. The van der Waals surface area contributed by atoms with Gasteiger partial charge in [-0.2, -0.15) is 10.2 Å². The van der Waals surface area contributed by atoms with E-state index >= 15 is 0 Å². The van der Waals surface area contributed by atoms with Crippen LogP contribution in [0.2, 0.25) is 10.0 Å². The Morgan fingerprint density at radius 3 is 2.00 bits per heavy atom. The molecule has 0 aliphatic rings. The summed E-state index contributed by atoms with van der Waals surface area (Å²) in [6, 6.07) is 4.79. The quantitative estimate of drug-likeness (QED) is 0.244. The third-order valence-corrected chi connectivity index (χ3v) is 5.10. The van der Waals surface area contributed by atoms with Crippen LogP contribution in [-0.4, -0.2) is 44.2 Å². The molecule has 0 saturated carbocycles. The average molecular weight is 526 g/mol. The first-order valence-electron chi connectivity index (χ1n) is 11.2. The van der Waals surface area contributed by atoms with E-state index in [1.807, 2.05) is 27.7 Å². The van der Waals surface area contributed by atoms with Crippen molar-refractivity contribution in [2.24, 2.45) is 10.2 Å². The number of anilines is 1. The molecule has 1 unspecified atom stereocenters. The Hall–Kier alpha value is -3.04. The number of rotatable bonds is 13. The van der Waals surface area contributed by atoms with Gasteiger partial charge in [0, 0.05) is 24.3 Å². The highest BCUT2D eigenvalue weighted by molar-refractivity contribution is 6.34. The number of ether oxygens (including phenoxy) is 4. The molecule has 0 bridgehead atoms. The molecule has 1 atom stereocenters. The lowest BCUT2D eigenvalue weighted by Gasteiger charge is -2.16. The number of ketones is 1. The molecule has 0 aromatic heterocycles. The van der Waals surface area contributed by atoms with Crippen LogP contribution in [0.15, 0.2) is 34.5 Å². The van der Waals surface area contributed by atoms with Crippen molar-refractivity contribution in [1.82, 2.24) is 0 Å². The molecule has 0 spiro atoms. The number of nitrogens with zero attached hydrogens (tertiary/aromatic N) is 2. The van der Waals surface area contributed by atoms with E-state index in [1.54, 1.807) is 12.1 Å². The van der Waals surface area contributed by atoms with Gasteiger partial charge in [-0.3, -0.25) is 9.59 Å². The fourth-order valence-corrected chi connectivity index (χ4v) is 3.35. The minimum Gasteiger partial charge on any atom is -0.494 e. The molecule has 0 aliphatic heterocycles. The second-order valence-corrected chi connectivity index (χ2v) is 7.77. The zero-order chi connectivity index (χ0) is 26.0. The summed E-state index contributed by atoms with van der Waals surface area (Å²) in [5.74, 6) is 0.398. The van der Waals surface area contributed by atoms with E-state index in [2.05, 4.69) is 15.5 Å². The predicted molar refractivity (Wildman–Crippen MR) is 135 cm³/mol. The molecular formula is C24H29Cl2N3O6. The fraction of sp³-hybridized carbons (Fsp3) is 0.417. The standard InChI is InChI=1S/C24H29Cl2N3O6/c1-6-32-15-10-18(22(26)21(11-15)35-9-4)28-29-23(14(5)30)24(31)27-17-13-20(34-8-3)19(33-7-2)12-16(17)25/h10-13,23H,6-9H2,1-5H3,(H,27,31). The topological polar surface area (TPSA) is 108 Å². The number of benzene rings is 2. The summed E-state index contributed by atoms with van der Waals surface area (Å²) in [6.45, 7) is 10.1. The number of halogens is 2. The molecule has 1 N–H and O–H groups in total. The van der Waals surface area contributed by atoms with Crippen molar-refractivity contribution in [3.63, 3.8) is 0 Å². The highest BCUT2D eigenvalue weighted by atomic mass is 35.5. The van der Waals surface area contributed by atoms with E-state index in [0.717, 1.165) is 0 Å². The molecule has 0 aliphatic carbocycles. The van der Waals surface area contributed by atoms with Crippen molar-refractivity contribution < 1.29 is 28.5 Å². The summed E-state index contributed by atoms with van der Waals surface area (Å²) >= 11 is 12.7. The summed E-state index contributed by atoms with van der Waals surface area (Å²) in [5, 5.41) is 11.0. The molecule has 11 heteroatoms.